The van der Waals surface area contributed by atoms with Crippen LogP contribution >= 0.6 is 0 Å². The van der Waals surface area contributed by atoms with Crippen LogP contribution < -0.4 is 5.32 Å². The standard InChI is InChI=1S/C13H9F6NO3/c14-12(15,16)5-1-6(13(17,18)19)3-7(2-5)20-10(21)8-4-9(8)11(22)23/h1-3,8-9H,4H2,(H,20,21)(H,22,23). The Balaban J connectivity index is 2.28. The maximum absolute atomic E-state index is 12.7. The second-order valence-electron chi connectivity index (χ2n) is 5.07. The third-order valence-electron chi connectivity index (χ3n) is 3.30. The van der Waals surface area contributed by atoms with E-state index >= 15 is 0 Å². The van der Waals surface area contributed by atoms with Crippen LogP contribution in [0.4, 0.5) is 32.0 Å². The summed E-state index contributed by atoms with van der Waals surface area (Å²) < 4.78 is 75.9. The molecule has 2 N–H and O–H groups in total. The number of hydrogen-bond donors (Lipinski definition) is 2. The van der Waals surface area contributed by atoms with Crippen LogP contribution in [-0.2, 0) is 21.9 Å². The summed E-state index contributed by atoms with van der Waals surface area (Å²) in [6, 6.07) is 0.670. The van der Waals surface area contributed by atoms with E-state index in [4.69, 9.17) is 5.11 Å². The van der Waals surface area contributed by atoms with Gasteiger partial charge in [0.25, 0.3) is 0 Å². The molecule has 0 radical (unpaired) electrons. The zero-order valence-electron chi connectivity index (χ0n) is 11.1. The molecule has 1 saturated carbocycles. The van der Waals surface area contributed by atoms with E-state index in [0.29, 0.717) is 12.1 Å². The lowest BCUT2D eigenvalue weighted by atomic mass is 10.1. The third-order valence-corrected chi connectivity index (χ3v) is 3.30. The molecule has 1 aromatic rings. The highest BCUT2D eigenvalue weighted by molar-refractivity contribution is 5.98. The number of alkyl halides is 6. The molecule has 2 unspecified atom stereocenters. The maximum Gasteiger partial charge on any atom is 0.416 e. The highest BCUT2D eigenvalue weighted by Crippen LogP contribution is 2.41. The molecule has 1 aliphatic rings. The van der Waals surface area contributed by atoms with E-state index in [0.717, 1.165) is 0 Å². The number of carboxylic acids is 1. The van der Waals surface area contributed by atoms with Crippen molar-refractivity contribution in [1.82, 2.24) is 0 Å². The van der Waals surface area contributed by atoms with Gasteiger partial charge in [0.2, 0.25) is 5.91 Å². The van der Waals surface area contributed by atoms with Crippen LogP contribution in [0, 0.1) is 11.8 Å². The van der Waals surface area contributed by atoms with Crippen molar-refractivity contribution in [2.24, 2.45) is 11.8 Å². The molecule has 10 heteroatoms. The van der Waals surface area contributed by atoms with Crippen LogP contribution in [0.2, 0.25) is 0 Å². The topological polar surface area (TPSA) is 66.4 Å². The van der Waals surface area contributed by atoms with Gasteiger partial charge in [0, 0.05) is 5.69 Å². The van der Waals surface area contributed by atoms with Gasteiger partial charge in [0.15, 0.2) is 0 Å². The lowest BCUT2D eigenvalue weighted by Crippen LogP contribution is -2.18. The Morgan fingerprint density at radius 3 is 1.78 bits per heavy atom. The largest absolute Gasteiger partial charge is 0.481 e. The molecular formula is C13H9F6NO3. The second kappa shape index (κ2) is 5.43. The number of amides is 1. The van der Waals surface area contributed by atoms with E-state index < -0.39 is 52.9 Å². The summed E-state index contributed by atoms with van der Waals surface area (Å²) in [5, 5.41) is 10.6. The van der Waals surface area contributed by atoms with Crippen LogP contribution in [0.3, 0.4) is 0 Å². The number of carboxylic acid groups (broad SMARTS) is 1. The Hall–Kier alpha value is -2.26. The van der Waals surface area contributed by atoms with Gasteiger partial charge >= 0.3 is 18.3 Å². The highest BCUT2D eigenvalue weighted by Gasteiger charge is 2.48. The Morgan fingerprint density at radius 1 is 0.957 bits per heavy atom. The first-order chi connectivity index (χ1) is 10.4. The zero-order valence-corrected chi connectivity index (χ0v) is 11.1. The molecule has 1 aromatic carbocycles. The van der Waals surface area contributed by atoms with Crippen molar-refractivity contribution in [3.05, 3.63) is 29.3 Å². The minimum absolute atomic E-state index is 0.00768. The van der Waals surface area contributed by atoms with Crippen LogP contribution in [-0.4, -0.2) is 17.0 Å². The molecule has 4 nitrogen and oxygen atoms in total. The molecule has 0 aromatic heterocycles. The summed E-state index contributed by atoms with van der Waals surface area (Å²) in [5.74, 6) is -4.10. The zero-order chi connectivity index (χ0) is 17.6. The minimum Gasteiger partial charge on any atom is -0.481 e. The molecule has 0 bridgehead atoms. The van der Waals surface area contributed by atoms with E-state index in [1.807, 2.05) is 5.32 Å². The first-order valence-corrected chi connectivity index (χ1v) is 6.22. The number of aliphatic carboxylic acids is 1. The number of benzene rings is 1. The summed E-state index contributed by atoms with van der Waals surface area (Å²) in [5.41, 5.74) is -3.81. The van der Waals surface area contributed by atoms with Gasteiger partial charge in [0.05, 0.1) is 23.0 Å². The van der Waals surface area contributed by atoms with Crippen molar-refractivity contribution in [3.8, 4) is 0 Å². The van der Waals surface area contributed by atoms with Gasteiger partial charge in [-0.05, 0) is 24.6 Å². The quantitative estimate of drug-likeness (QED) is 0.829. The van der Waals surface area contributed by atoms with E-state index in [-0.39, 0.29) is 12.5 Å². The van der Waals surface area contributed by atoms with Crippen molar-refractivity contribution in [1.29, 1.82) is 0 Å². The first-order valence-electron chi connectivity index (χ1n) is 6.22. The predicted molar refractivity (Wildman–Crippen MR) is 64.3 cm³/mol. The monoisotopic (exact) mass is 341 g/mol. The van der Waals surface area contributed by atoms with Gasteiger partial charge in [-0.1, -0.05) is 0 Å². The highest BCUT2D eigenvalue weighted by atomic mass is 19.4. The summed E-state index contributed by atoms with van der Waals surface area (Å²) >= 11 is 0. The Bertz CT molecular complexity index is 620. The predicted octanol–water partition coefficient (Wildman–Crippen LogP) is 3.38. The fourth-order valence-electron chi connectivity index (χ4n) is 2.02. The molecule has 126 valence electrons. The normalized spacial score (nSPS) is 21.0. The van der Waals surface area contributed by atoms with Crippen molar-refractivity contribution in [2.45, 2.75) is 18.8 Å². The third kappa shape index (κ3) is 3.93. The molecule has 1 fully saturated rings. The van der Waals surface area contributed by atoms with Crippen molar-refractivity contribution >= 4 is 17.6 Å². The molecule has 0 aliphatic heterocycles. The van der Waals surface area contributed by atoms with Crippen molar-refractivity contribution in [2.75, 3.05) is 5.32 Å². The number of halogens is 6. The fraction of sp³-hybridized carbons (Fsp3) is 0.385. The van der Waals surface area contributed by atoms with Gasteiger partial charge in [-0.15, -0.1) is 0 Å². The molecular weight excluding hydrogens is 332 g/mol. The average molecular weight is 341 g/mol. The molecule has 2 atom stereocenters. The molecule has 1 aliphatic carbocycles. The van der Waals surface area contributed by atoms with Crippen LogP contribution in [0.5, 0.6) is 0 Å². The molecule has 1 amide bonds. The van der Waals surface area contributed by atoms with Crippen molar-refractivity contribution < 1.29 is 41.0 Å². The summed E-state index contributed by atoms with van der Waals surface area (Å²) in [7, 11) is 0. The smallest absolute Gasteiger partial charge is 0.416 e. The first kappa shape index (κ1) is 17.1. The molecule has 0 spiro atoms. The Kier molecular flexibility index (Phi) is 4.03. The van der Waals surface area contributed by atoms with E-state index in [9.17, 15) is 35.9 Å². The number of carbonyl (C=O) groups excluding carboxylic acids is 1. The van der Waals surface area contributed by atoms with E-state index in [1.54, 1.807) is 0 Å². The van der Waals surface area contributed by atoms with Crippen molar-refractivity contribution in [3.63, 3.8) is 0 Å². The average Bonchev–Trinajstić information content (AvgIpc) is 3.16. The molecule has 23 heavy (non-hydrogen) atoms. The van der Waals surface area contributed by atoms with Gasteiger partial charge in [-0.25, -0.2) is 0 Å². The fourth-order valence-corrected chi connectivity index (χ4v) is 2.02. The number of rotatable bonds is 3. The number of anilines is 1. The minimum atomic E-state index is -5.02. The maximum atomic E-state index is 12.7. The number of hydrogen-bond acceptors (Lipinski definition) is 2. The van der Waals surface area contributed by atoms with Crippen LogP contribution in [0.15, 0.2) is 18.2 Å². The SMILES string of the molecule is O=C(O)C1CC1C(=O)Nc1cc(C(F)(F)F)cc(C(F)(F)F)c1. The van der Waals surface area contributed by atoms with Gasteiger partial charge in [0.1, 0.15) is 0 Å². The number of carbonyl (C=O) groups is 2. The summed E-state index contributed by atoms with van der Waals surface area (Å²) in [6.45, 7) is 0. The Labute approximate surface area is 125 Å². The summed E-state index contributed by atoms with van der Waals surface area (Å²) in [6.07, 6.45) is -10.1. The lowest BCUT2D eigenvalue weighted by molar-refractivity contribution is -0.143. The molecule has 2 rings (SSSR count). The van der Waals surface area contributed by atoms with Crippen LogP contribution in [0.25, 0.3) is 0 Å². The van der Waals surface area contributed by atoms with Crippen LogP contribution in [0.1, 0.15) is 17.5 Å². The lowest BCUT2D eigenvalue weighted by Gasteiger charge is -2.14. The number of nitrogens with one attached hydrogen (secondary N) is 1. The Morgan fingerprint density at radius 2 is 1.43 bits per heavy atom. The van der Waals surface area contributed by atoms with E-state index in [1.165, 1.54) is 0 Å². The second-order valence-corrected chi connectivity index (χ2v) is 5.07. The van der Waals surface area contributed by atoms with Gasteiger partial charge < -0.3 is 10.4 Å². The van der Waals surface area contributed by atoms with E-state index in [2.05, 4.69) is 0 Å². The van der Waals surface area contributed by atoms with Gasteiger partial charge in [-0.3, -0.25) is 9.59 Å². The van der Waals surface area contributed by atoms with Gasteiger partial charge in [-0.2, -0.15) is 26.3 Å². The summed E-state index contributed by atoms with van der Waals surface area (Å²) in [4.78, 5) is 22.3. The molecule has 0 heterocycles. The molecule has 0 saturated heterocycles.